The van der Waals surface area contributed by atoms with Crippen molar-refractivity contribution in [2.24, 2.45) is 11.3 Å². The summed E-state index contributed by atoms with van der Waals surface area (Å²) in [7, 11) is 1.73. The third-order valence-corrected chi connectivity index (χ3v) is 6.44. The smallest absolute Gasteiger partial charge is 0.146 e. The Morgan fingerprint density at radius 1 is 1.27 bits per heavy atom. The van der Waals surface area contributed by atoms with E-state index in [2.05, 4.69) is 31.2 Å². The molecule has 3 aliphatic carbocycles. The quantitative estimate of drug-likeness (QED) is 0.755. The Hall–Kier alpha value is -1.57. The molecule has 0 bridgehead atoms. The van der Waals surface area contributed by atoms with Crippen molar-refractivity contribution in [1.29, 1.82) is 0 Å². The van der Waals surface area contributed by atoms with Crippen LogP contribution in [0.5, 0.6) is 5.75 Å². The molecule has 1 fully saturated rings. The van der Waals surface area contributed by atoms with E-state index in [9.17, 15) is 4.79 Å². The molecule has 0 amide bonds. The maximum atomic E-state index is 12.5. The van der Waals surface area contributed by atoms with Crippen molar-refractivity contribution < 1.29 is 9.53 Å². The van der Waals surface area contributed by atoms with E-state index in [4.69, 9.17) is 4.74 Å². The van der Waals surface area contributed by atoms with E-state index in [1.165, 1.54) is 23.1 Å². The number of rotatable bonds is 2. The Balaban J connectivity index is 1.73. The van der Waals surface area contributed by atoms with Crippen LogP contribution < -0.4 is 4.74 Å². The minimum absolute atomic E-state index is 0.106. The molecular formula is C20H24O2. The first kappa shape index (κ1) is 14.0. The number of aryl methyl sites for hydroxylation is 1. The van der Waals surface area contributed by atoms with Crippen molar-refractivity contribution in [3.05, 3.63) is 41.0 Å². The molecule has 0 aliphatic heterocycles. The maximum absolute atomic E-state index is 12.5. The van der Waals surface area contributed by atoms with Crippen LogP contribution in [0.1, 0.15) is 56.1 Å². The lowest BCUT2D eigenvalue weighted by Gasteiger charge is -2.46. The number of hydrogen-bond acceptors (Lipinski definition) is 2. The second-order valence-corrected chi connectivity index (χ2v) is 7.08. The van der Waals surface area contributed by atoms with Crippen molar-refractivity contribution >= 4 is 5.78 Å². The fourth-order valence-corrected chi connectivity index (χ4v) is 5.27. The van der Waals surface area contributed by atoms with Gasteiger partial charge in [0.2, 0.25) is 0 Å². The van der Waals surface area contributed by atoms with Crippen molar-refractivity contribution in [2.45, 2.75) is 51.4 Å². The molecule has 0 radical (unpaired) electrons. The van der Waals surface area contributed by atoms with E-state index < -0.39 is 0 Å². The van der Waals surface area contributed by atoms with Gasteiger partial charge in [-0.3, -0.25) is 4.79 Å². The first-order chi connectivity index (χ1) is 10.7. The molecule has 4 rings (SSSR count). The Morgan fingerprint density at radius 2 is 2.14 bits per heavy atom. The molecule has 3 atom stereocenters. The average Bonchev–Trinajstić information content (AvgIpc) is 2.91. The normalized spacial score (nSPS) is 32.8. The van der Waals surface area contributed by atoms with E-state index in [1.54, 1.807) is 7.11 Å². The van der Waals surface area contributed by atoms with E-state index in [0.29, 0.717) is 24.0 Å². The molecule has 0 aromatic heterocycles. The Kier molecular flexibility index (Phi) is 3.18. The van der Waals surface area contributed by atoms with Gasteiger partial charge in [-0.15, -0.1) is 0 Å². The van der Waals surface area contributed by atoms with Gasteiger partial charge in [0.1, 0.15) is 11.5 Å². The lowest BCUT2D eigenvalue weighted by atomic mass is 9.57. The van der Waals surface area contributed by atoms with E-state index in [0.717, 1.165) is 31.4 Å². The molecule has 1 aromatic rings. The van der Waals surface area contributed by atoms with Crippen molar-refractivity contribution in [2.75, 3.05) is 7.11 Å². The zero-order valence-electron chi connectivity index (χ0n) is 13.5. The summed E-state index contributed by atoms with van der Waals surface area (Å²) in [5, 5.41) is 0. The number of allylic oxidation sites excluding steroid dienone is 2. The molecule has 2 unspecified atom stereocenters. The van der Waals surface area contributed by atoms with Crippen molar-refractivity contribution in [3.63, 3.8) is 0 Å². The van der Waals surface area contributed by atoms with Crippen LogP contribution in [-0.4, -0.2) is 12.9 Å². The average molecular weight is 296 g/mol. The van der Waals surface area contributed by atoms with Gasteiger partial charge in [0, 0.05) is 6.42 Å². The van der Waals surface area contributed by atoms with Crippen LogP contribution in [0.15, 0.2) is 29.8 Å². The Labute approximate surface area is 132 Å². The summed E-state index contributed by atoms with van der Waals surface area (Å²) in [5.41, 5.74) is 4.33. The highest BCUT2D eigenvalue weighted by Crippen LogP contribution is 2.58. The molecule has 116 valence electrons. The van der Waals surface area contributed by atoms with Gasteiger partial charge in [0.15, 0.2) is 0 Å². The highest BCUT2D eigenvalue weighted by atomic mass is 16.5. The molecule has 0 saturated heterocycles. The number of benzene rings is 1. The van der Waals surface area contributed by atoms with Crippen molar-refractivity contribution in [3.8, 4) is 5.75 Å². The fourth-order valence-electron chi connectivity index (χ4n) is 5.27. The second kappa shape index (κ2) is 4.97. The maximum Gasteiger partial charge on any atom is 0.146 e. The minimum atomic E-state index is -0.106. The molecule has 22 heavy (non-hydrogen) atoms. The van der Waals surface area contributed by atoms with Gasteiger partial charge in [0.25, 0.3) is 0 Å². The van der Waals surface area contributed by atoms with Gasteiger partial charge in [-0.25, -0.2) is 0 Å². The summed E-state index contributed by atoms with van der Waals surface area (Å²) < 4.78 is 5.38. The molecule has 0 heterocycles. The number of hydrogen-bond donors (Lipinski definition) is 0. The van der Waals surface area contributed by atoms with E-state index >= 15 is 0 Å². The zero-order chi connectivity index (χ0) is 15.3. The standard InChI is InChI=1S/C20H24O2/c1-3-20-11-10-16-15-7-5-14(22-2)12-13(15)4-6-17(16)18(20)8-9-19(20)21/h5,7-8,12,16-17H,3-4,6,9-11H2,1-2H3/t16?,17?,20-/m0/s1. The lowest BCUT2D eigenvalue weighted by molar-refractivity contribution is -0.126. The van der Waals surface area contributed by atoms with Gasteiger partial charge < -0.3 is 4.74 Å². The van der Waals surface area contributed by atoms with E-state index in [-0.39, 0.29) is 5.41 Å². The fraction of sp³-hybridized carbons (Fsp3) is 0.550. The largest absolute Gasteiger partial charge is 0.497 e. The van der Waals surface area contributed by atoms with Gasteiger partial charge in [-0.2, -0.15) is 0 Å². The molecule has 2 heteroatoms. The molecule has 2 nitrogen and oxygen atoms in total. The summed E-state index contributed by atoms with van der Waals surface area (Å²) in [5.74, 6) is 2.63. The van der Waals surface area contributed by atoms with Crippen molar-refractivity contribution in [1.82, 2.24) is 0 Å². The number of fused-ring (bicyclic) bond motifs is 5. The summed E-state index contributed by atoms with van der Waals surface area (Å²) in [4.78, 5) is 12.5. The molecule has 1 aromatic carbocycles. The molecule has 1 saturated carbocycles. The minimum Gasteiger partial charge on any atom is -0.497 e. The number of carbonyl (C=O) groups excluding carboxylic acids is 1. The first-order valence-electron chi connectivity index (χ1n) is 8.60. The Bertz CT molecular complexity index is 658. The highest BCUT2D eigenvalue weighted by molar-refractivity contribution is 5.92. The number of ether oxygens (including phenoxy) is 1. The third kappa shape index (κ3) is 1.76. The highest BCUT2D eigenvalue weighted by Gasteiger charge is 2.51. The number of ketones is 1. The molecule has 3 aliphatic rings. The molecule has 0 N–H and O–H groups in total. The molecular weight excluding hydrogens is 272 g/mol. The monoisotopic (exact) mass is 296 g/mol. The third-order valence-electron chi connectivity index (χ3n) is 6.44. The van der Waals surface area contributed by atoms with Gasteiger partial charge in [0.05, 0.1) is 12.5 Å². The number of Topliss-reactive ketones (excluding diaryl/α,β-unsaturated/α-hetero) is 1. The van der Waals surface area contributed by atoms with Crippen LogP contribution in [0, 0.1) is 11.3 Å². The van der Waals surface area contributed by atoms with Gasteiger partial charge in [-0.05, 0) is 67.2 Å². The van der Waals surface area contributed by atoms with Crippen LogP contribution in [0.4, 0.5) is 0 Å². The topological polar surface area (TPSA) is 26.3 Å². The molecule has 0 spiro atoms. The SMILES string of the molecule is CC[C@]12CCC3c4ccc(OC)cc4CCC3C1=CCC2=O. The van der Waals surface area contributed by atoms with Crippen LogP contribution in [0.3, 0.4) is 0 Å². The van der Waals surface area contributed by atoms with Gasteiger partial charge >= 0.3 is 0 Å². The first-order valence-corrected chi connectivity index (χ1v) is 8.60. The van der Waals surface area contributed by atoms with E-state index in [1.807, 2.05) is 0 Å². The van der Waals surface area contributed by atoms with Crippen LogP contribution >= 0.6 is 0 Å². The summed E-state index contributed by atoms with van der Waals surface area (Å²) >= 11 is 0. The summed E-state index contributed by atoms with van der Waals surface area (Å²) in [6.45, 7) is 2.19. The predicted molar refractivity (Wildman–Crippen MR) is 87.2 cm³/mol. The van der Waals surface area contributed by atoms with Gasteiger partial charge in [-0.1, -0.05) is 24.6 Å². The Morgan fingerprint density at radius 3 is 2.91 bits per heavy atom. The number of carbonyl (C=O) groups is 1. The summed E-state index contributed by atoms with van der Waals surface area (Å²) in [6, 6.07) is 6.57. The number of methoxy groups -OCH3 is 1. The van der Waals surface area contributed by atoms with Crippen LogP contribution in [0.2, 0.25) is 0 Å². The van der Waals surface area contributed by atoms with Crippen LogP contribution in [0.25, 0.3) is 0 Å². The zero-order valence-corrected chi connectivity index (χ0v) is 13.5. The predicted octanol–water partition coefficient (Wildman–Crippen LogP) is 4.43. The second-order valence-electron chi connectivity index (χ2n) is 7.08. The van der Waals surface area contributed by atoms with Crippen LogP contribution in [-0.2, 0) is 11.2 Å². The lowest BCUT2D eigenvalue weighted by Crippen LogP contribution is -2.39. The summed E-state index contributed by atoms with van der Waals surface area (Å²) in [6.07, 6.45) is 8.42.